The Kier molecular flexibility index (Phi) is 7.03. The molecule has 9 heteroatoms. The normalized spacial score (nSPS) is 30.5. The maximum absolute atomic E-state index is 13.6. The van der Waals surface area contributed by atoms with Gasteiger partial charge in [-0.05, 0) is 37.8 Å². The standard InChI is InChI=1S/C23H30ClN3O4S/c1-25-20(29)17-16-10-11-23(32-16)18(17)22(31)27(12-6-2-3-7-13-28)19(23)21(30)26-15-9-5-4-8-14(15)24/h4-5,8-9,16-19,28H,2-3,6-7,10-13H2,1H3,(H,25,29)(H,26,30)/t16-,17+,18+,19?,23?/m1/s1. The van der Waals surface area contributed by atoms with Crippen molar-refractivity contribution in [2.45, 2.75) is 54.6 Å². The quantitative estimate of drug-likeness (QED) is 0.473. The predicted molar refractivity (Wildman–Crippen MR) is 126 cm³/mol. The molecule has 1 aromatic rings. The molecule has 174 valence electrons. The van der Waals surface area contributed by atoms with Gasteiger partial charge in [0.25, 0.3) is 0 Å². The molecule has 2 unspecified atom stereocenters. The third-order valence-corrected chi connectivity index (χ3v) is 9.32. The summed E-state index contributed by atoms with van der Waals surface area (Å²) in [6.07, 6.45) is 4.80. The Bertz CT molecular complexity index is 900. The van der Waals surface area contributed by atoms with Crippen molar-refractivity contribution < 1.29 is 19.5 Å². The number of carbonyl (C=O) groups is 3. The van der Waals surface area contributed by atoms with E-state index in [1.807, 2.05) is 0 Å². The molecule has 0 radical (unpaired) electrons. The number of benzene rings is 1. The molecule has 3 amide bonds. The van der Waals surface area contributed by atoms with Crippen molar-refractivity contribution in [2.75, 3.05) is 25.5 Å². The van der Waals surface area contributed by atoms with Gasteiger partial charge in [0.05, 0.1) is 27.3 Å². The maximum atomic E-state index is 13.6. The number of para-hydroxylation sites is 1. The average Bonchev–Trinajstić information content (AvgIpc) is 3.42. The minimum absolute atomic E-state index is 0.0613. The number of hydrogen-bond acceptors (Lipinski definition) is 5. The zero-order chi connectivity index (χ0) is 22.9. The number of fused-ring (bicyclic) bond motifs is 1. The van der Waals surface area contributed by atoms with E-state index < -0.39 is 22.6 Å². The molecule has 3 aliphatic heterocycles. The Morgan fingerprint density at radius 1 is 1.22 bits per heavy atom. The fraction of sp³-hybridized carbons (Fsp3) is 0.609. The second-order valence-electron chi connectivity index (χ2n) is 8.81. The summed E-state index contributed by atoms with van der Waals surface area (Å²) >= 11 is 7.93. The monoisotopic (exact) mass is 479 g/mol. The summed E-state index contributed by atoms with van der Waals surface area (Å²) in [5, 5.41) is 15.2. The van der Waals surface area contributed by atoms with Crippen molar-refractivity contribution in [3.63, 3.8) is 0 Å². The number of hydrogen-bond donors (Lipinski definition) is 3. The lowest BCUT2D eigenvalue weighted by Gasteiger charge is -2.34. The molecule has 0 saturated carbocycles. The number of thioether (sulfide) groups is 1. The van der Waals surface area contributed by atoms with E-state index in [1.54, 1.807) is 48.0 Å². The topological polar surface area (TPSA) is 98.7 Å². The number of amides is 3. The molecule has 3 N–H and O–H groups in total. The summed E-state index contributed by atoms with van der Waals surface area (Å²) in [5.41, 5.74) is 0.523. The molecule has 7 nitrogen and oxygen atoms in total. The number of carbonyl (C=O) groups excluding carboxylic acids is 3. The third kappa shape index (κ3) is 3.90. The Hall–Kier alpha value is -1.77. The van der Waals surface area contributed by atoms with Crippen LogP contribution in [0.25, 0.3) is 0 Å². The summed E-state index contributed by atoms with van der Waals surface area (Å²) in [6.45, 7) is 0.622. The van der Waals surface area contributed by atoms with E-state index in [9.17, 15) is 14.4 Å². The van der Waals surface area contributed by atoms with Crippen molar-refractivity contribution in [1.82, 2.24) is 10.2 Å². The molecule has 5 atom stereocenters. The highest BCUT2D eigenvalue weighted by Crippen LogP contribution is 2.66. The number of aliphatic hydroxyl groups excluding tert-OH is 1. The number of nitrogens with zero attached hydrogens (tertiary/aromatic N) is 1. The molecule has 3 heterocycles. The molecule has 2 bridgehead atoms. The Morgan fingerprint density at radius 2 is 1.97 bits per heavy atom. The van der Waals surface area contributed by atoms with E-state index in [0.29, 0.717) is 17.3 Å². The molecule has 1 spiro atoms. The first-order chi connectivity index (χ1) is 15.4. The van der Waals surface area contributed by atoms with Crippen LogP contribution in [-0.4, -0.2) is 64.0 Å². The molecule has 0 aliphatic carbocycles. The number of rotatable bonds is 9. The smallest absolute Gasteiger partial charge is 0.248 e. The Balaban J connectivity index is 1.62. The molecule has 1 aromatic carbocycles. The van der Waals surface area contributed by atoms with Crippen molar-refractivity contribution >= 4 is 46.8 Å². The lowest BCUT2D eigenvalue weighted by molar-refractivity contribution is -0.139. The van der Waals surface area contributed by atoms with Crippen LogP contribution in [0.4, 0.5) is 5.69 Å². The van der Waals surface area contributed by atoms with E-state index >= 15 is 0 Å². The Morgan fingerprint density at radius 3 is 2.69 bits per heavy atom. The highest BCUT2D eigenvalue weighted by molar-refractivity contribution is 8.02. The van der Waals surface area contributed by atoms with Gasteiger partial charge in [0.2, 0.25) is 17.7 Å². The molecule has 3 fully saturated rings. The first-order valence-electron chi connectivity index (χ1n) is 11.3. The van der Waals surface area contributed by atoms with Crippen LogP contribution in [0.15, 0.2) is 24.3 Å². The fourth-order valence-electron chi connectivity index (χ4n) is 5.67. The minimum atomic E-state index is -0.640. The van der Waals surface area contributed by atoms with Gasteiger partial charge in [0, 0.05) is 25.4 Å². The van der Waals surface area contributed by atoms with Gasteiger partial charge in [-0.15, -0.1) is 11.8 Å². The van der Waals surface area contributed by atoms with Gasteiger partial charge in [-0.2, -0.15) is 0 Å². The Labute approximate surface area is 197 Å². The van der Waals surface area contributed by atoms with Crippen LogP contribution in [0.2, 0.25) is 5.02 Å². The van der Waals surface area contributed by atoms with Gasteiger partial charge in [-0.25, -0.2) is 0 Å². The highest BCUT2D eigenvalue weighted by Gasteiger charge is 2.73. The van der Waals surface area contributed by atoms with Crippen LogP contribution >= 0.6 is 23.4 Å². The number of anilines is 1. The van der Waals surface area contributed by atoms with Crippen molar-refractivity contribution in [3.05, 3.63) is 29.3 Å². The van der Waals surface area contributed by atoms with E-state index in [0.717, 1.165) is 38.5 Å². The zero-order valence-electron chi connectivity index (χ0n) is 18.2. The summed E-state index contributed by atoms with van der Waals surface area (Å²) in [6, 6.07) is 6.43. The van der Waals surface area contributed by atoms with Crippen LogP contribution in [0.1, 0.15) is 38.5 Å². The van der Waals surface area contributed by atoms with Gasteiger partial charge in [0.1, 0.15) is 6.04 Å². The predicted octanol–water partition coefficient (Wildman–Crippen LogP) is 2.67. The van der Waals surface area contributed by atoms with Crippen LogP contribution in [0.3, 0.4) is 0 Å². The van der Waals surface area contributed by atoms with Crippen molar-refractivity contribution in [1.29, 1.82) is 0 Å². The van der Waals surface area contributed by atoms with Gasteiger partial charge in [-0.1, -0.05) is 36.6 Å². The molecule has 0 aromatic heterocycles. The van der Waals surface area contributed by atoms with Gasteiger partial charge >= 0.3 is 0 Å². The third-order valence-electron chi connectivity index (χ3n) is 7.04. The number of nitrogens with one attached hydrogen (secondary N) is 2. The van der Waals surface area contributed by atoms with Crippen LogP contribution in [0.5, 0.6) is 0 Å². The van der Waals surface area contributed by atoms with E-state index in [2.05, 4.69) is 10.6 Å². The van der Waals surface area contributed by atoms with Gasteiger partial charge in [-0.3, -0.25) is 14.4 Å². The summed E-state index contributed by atoms with van der Waals surface area (Å²) in [7, 11) is 1.60. The first-order valence-corrected chi connectivity index (χ1v) is 12.6. The maximum Gasteiger partial charge on any atom is 0.248 e. The summed E-state index contributed by atoms with van der Waals surface area (Å²) in [5.74, 6) is -1.32. The second kappa shape index (κ2) is 9.61. The average molecular weight is 480 g/mol. The van der Waals surface area contributed by atoms with Crippen molar-refractivity contribution in [2.24, 2.45) is 11.8 Å². The van der Waals surface area contributed by atoms with Crippen LogP contribution in [0, 0.1) is 11.8 Å². The van der Waals surface area contributed by atoms with E-state index in [4.69, 9.17) is 16.7 Å². The fourth-order valence-corrected chi connectivity index (χ4v) is 8.07. The minimum Gasteiger partial charge on any atom is -0.396 e. The summed E-state index contributed by atoms with van der Waals surface area (Å²) in [4.78, 5) is 41.7. The summed E-state index contributed by atoms with van der Waals surface area (Å²) < 4.78 is -0.588. The number of likely N-dealkylation sites (tertiary alicyclic amines) is 1. The van der Waals surface area contributed by atoms with Crippen LogP contribution in [-0.2, 0) is 14.4 Å². The largest absolute Gasteiger partial charge is 0.396 e. The molecule has 3 aliphatic rings. The second-order valence-corrected chi connectivity index (χ2v) is 10.8. The van der Waals surface area contributed by atoms with E-state index in [-0.39, 0.29) is 29.6 Å². The number of aliphatic hydroxyl groups is 1. The SMILES string of the molecule is CNC(=O)[C@@H]1[C@H]2C(=O)N(CCCCCCO)C(C(=O)Nc3ccccc3Cl)C23CC[C@H]1S3. The van der Waals surface area contributed by atoms with Gasteiger partial charge < -0.3 is 20.6 Å². The first kappa shape index (κ1) is 23.4. The molecule has 32 heavy (non-hydrogen) atoms. The van der Waals surface area contributed by atoms with E-state index in [1.165, 1.54) is 0 Å². The highest BCUT2D eigenvalue weighted by atomic mass is 35.5. The zero-order valence-corrected chi connectivity index (χ0v) is 19.8. The van der Waals surface area contributed by atoms with Crippen molar-refractivity contribution in [3.8, 4) is 0 Å². The van der Waals surface area contributed by atoms with Crippen LogP contribution < -0.4 is 10.6 Å². The lowest BCUT2D eigenvalue weighted by atomic mass is 9.71. The molecular formula is C23H30ClN3O4S. The molecule has 4 rings (SSSR count). The lowest BCUT2D eigenvalue weighted by Crippen LogP contribution is -2.51. The molecule has 3 saturated heterocycles. The number of halogens is 1. The molecular weight excluding hydrogens is 450 g/mol. The number of unbranched alkanes of at least 4 members (excludes halogenated alkanes) is 3. The van der Waals surface area contributed by atoms with Gasteiger partial charge in [0.15, 0.2) is 0 Å².